The van der Waals surface area contributed by atoms with Crippen molar-refractivity contribution in [1.82, 2.24) is 14.8 Å². The maximum Gasteiger partial charge on any atom is 0.261 e. The van der Waals surface area contributed by atoms with Crippen molar-refractivity contribution in [2.24, 2.45) is 0 Å². The van der Waals surface area contributed by atoms with Gasteiger partial charge in [0.05, 0.1) is 5.56 Å². The predicted molar refractivity (Wildman–Crippen MR) is 81.3 cm³/mol. The monoisotopic (exact) mass is 290 g/mol. The summed E-state index contributed by atoms with van der Waals surface area (Å²) in [7, 11) is 0. The van der Waals surface area contributed by atoms with Gasteiger partial charge in [-0.25, -0.2) is 0 Å². The Bertz CT molecular complexity index is 659. The zero-order valence-corrected chi connectivity index (χ0v) is 12.5. The van der Waals surface area contributed by atoms with E-state index in [2.05, 4.69) is 29.4 Å². The first-order valence-electron chi connectivity index (χ1n) is 7.00. The molecule has 0 saturated heterocycles. The maximum absolute atomic E-state index is 12.4. The van der Waals surface area contributed by atoms with Crippen molar-refractivity contribution >= 4 is 16.5 Å². The molecule has 0 radical (unpaired) electrons. The second-order valence-electron chi connectivity index (χ2n) is 5.23. The largest absolute Gasteiger partial charge is 0.358 e. The minimum Gasteiger partial charge on any atom is -0.358 e. The van der Waals surface area contributed by atoms with E-state index in [9.17, 15) is 4.79 Å². The highest BCUT2D eigenvalue weighted by Crippen LogP contribution is 2.34. The van der Waals surface area contributed by atoms with Crippen LogP contribution in [0.25, 0.3) is 10.6 Å². The van der Waals surface area contributed by atoms with Gasteiger partial charge in [0, 0.05) is 18.3 Å². The number of pyridine rings is 1. The molecule has 3 rings (SSSR count). The summed E-state index contributed by atoms with van der Waals surface area (Å²) in [5, 5.41) is 13.0. The van der Waals surface area contributed by atoms with E-state index in [-0.39, 0.29) is 5.56 Å². The van der Waals surface area contributed by atoms with Crippen LogP contribution in [0.3, 0.4) is 0 Å². The van der Waals surface area contributed by atoms with Crippen LogP contribution in [0.4, 0.5) is 5.13 Å². The average Bonchev–Trinajstić information content (AvgIpc) is 3.19. The fraction of sp³-hybridized carbons (Fsp3) is 0.500. The lowest BCUT2D eigenvalue weighted by molar-refractivity contribution is 0.709. The van der Waals surface area contributed by atoms with E-state index in [1.807, 2.05) is 22.9 Å². The Morgan fingerprint density at radius 1 is 1.50 bits per heavy atom. The number of anilines is 1. The van der Waals surface area contributed by atoms with E-state index in [0.29, 0.717) is 22.7 Å². The van der Waals surface area contributed by atoms with Crippen LogP contribution >= 0.6 is 11.3 Å². The lowest BCUT2D eigenvalue weighted by Crippen LogP contribution is -2.19. The van der Waals surface area contributed by atoms with Gasteiger partial charge >= 0.3 is 0 Å². The average molecular weight is 290 g/mol. The molecule has 0 amide bonds. The van der Waals surface area contributed by atoms with Gasteiger partial charge in [0.25, 0.3) is 5.56 Å². The number of rotatable bonds is 5. The van der Waals surface area contributed by atoms with Crippen LogP contribution in [0.2, 0.25) is 0 Å². The molecule has 2 heterocycles. The Hall–Kier alpha value is -1.69. The summed E-state index contributed by atoms with van der Waals surface area (Å²) in [5.41, 5.74) is 0.690. The van der Waals surface area contributed by atoms with Crippen LogP contribution in [0.15, 0.2) is 23.1 Å². The lowest BCUT2D eigenvalue weighted by atomic mass is 10.3. The molecule has 0 aliphatic heterocycles. The van der Waals surface area contributed by atoms with Crippen molar-refractivity contribution in [2.45, 2.75) is 45.2 Å². The number of nitrogens with zero attached hydrogens (tertiary/aromatic N) is 3. The van der Waals surface area contributed by atoms with Crippen molar-refractivity contribution in [3.05, 3.63) is 28.7 Å². The normalized spacial score (nSPS) is 16.1. The third-order valence-electron chi connectivity index (χ3n) is 3.55. The number of aromatic nitrogens is 3. The second kappa shape index (κ2) is 5.36. The van der Waals surface area contributed by atoms with Gasteiger partial charge in [0.2, 0.25) is 5.13 Å². The molecule has 1 aliphatic rings. The standard InChI is InChI=1S/C14H18N4OS/c1-3-9(2)15-14-17-16-12(20-14)11-5-4-8-18(13(11)19)10-6-7-10/h4-5,8-10H,3,6-7H2,1-2H3,(H,15,17). The van der Waals surface area contributed by atoms with E-state index >= 15 is 0 Å². The molecule has 2 aromatic rings. The molecular weight excluding hydrogens is 272 g/mol. The highest BCUT2D eigenvalue weighted by Gasteiger charge is 2.25. The van der Waals surface area contributed by atoms with Gasteiger partial charge in [-0.1, -0.05) is 18.3 Å². The van der Waals surface area contributed by atoms with Gasteiger partial charge in [0.15, 0.2) is 5.01 Å². The predicted octanol–water partition coefficient (Wildman–Crippen LogP) is 2.91. The molecule has 1 aliphatic carbocycles. The Morgan fingerprint density at radius 2 is 2.30 bits per heavy atom. The van der Waals surface area contributed by atoms with Crippen molar-refractivity contribution in [3.63, 3.8) is 0 Å². The van der Waals surface area contributed by atoms with Crippen molar-refractivity contribution in [1.29, 1.82) is 0 Å². The Kier molecular flexibility index (Phi) is 3.56. The summed E-state index contributed by atoms with van der Waals surface area (Å²) >= 11 is 1.44. The Labute approximate surface area is 121 Å². The molecular formula is C14H18N4OS. The van der Waals surface area contributed by atoms with Crippen molar-refractivity contribution < 1.29 is 0 Å². The Balaban J connectivity index is 1.89. The minimum absolute atomic E-state index is 0.0428. The summed E-state index contributed by atoms with van der Waals surface area (Å²) < 4.78 is 1.82. The van der Waals surface area contributed by atoms with Crippen LogP contribution in [0, 0.1) is 0 Å². The molecule has 1 saturated carbocycles. The lowest BCUT2D eigenvalue weighted by Gasteiger charge is -2.07. The molecule has 6 heteroatoms. The van der Waals surface area contributed by atoms with E-state index < -0.39 is 0 Å². The summed E-state index contributed by atoms with van der Waals surface area (Å²) in [5.74, 6) is 0. The van der Waals surface area contributed by atoms with Gasteiger partial charge in [-0.15, -0.1) is 10.2 Å². The zero-order valence-electron chi connectivity index (χ0n) is 11.7. The molecule has 1 unspecified atom stereocenters. The molecule has 1 atom stereocenters. The summed E-state index contributed by atoms with van der Waals surface area (Å²) in [6.07, 6.45) is 5.08. The molecule has 5 nitrogen and oxygen atoms in total. The first-order valence-corrected chi connectivity index (χ1v) is 7.82. The molecule has 0 spiro atoms. The molecule has 2 aromatic heterocycles. The van der Waals surface area contributed by atoms with Crippen LogP contribution in [0.5, 0.6) is 0 Å². The van der Waals surface area contributed by atoms with Crippen molar-refractivity contribution in [3.8, 4) is 10.6 Å². The molecule has 1 fully saturated rings. The van der Waals surface area contributed by atoms with Crippen LogP contribution in [0.1, 0.15) is 39.2 Å². The van der Waals surface area contributed by atoms with E-state index in [0.717, 1.165) is 24.4 Å². The quantitative estimate of drug-likeness (QED) is 0.919. The Morgan fingerprint density at radius 3 is 3.00 bits per heavy atom. The van der Waals surface area contributed by atoms with Gasteiger partial charge in [-0.3, -0.25) is 4.79 Å². The third kappa shape index (κ3) is 2.60. The van der Waals surface area contributed by atoms with Gasteiger partial charge in [-0.2, -0.15) is 0 Å². The second-order valence-corrected chi connectivity index (χ2v) is 6.21. The molecule has 0 aromatic carbocycles. The van der Waals surface area contributed by atoms with Gasteiger partial charge in [-0.05, 0) is 38.3 Å². The maximum atomic E-state index is 12.4. The molecule has 20 heavy (non-hydrogen) atoms. The highest BCUT2D eigenvalue weighted by molar-refractivity contribution is 7.18. The third-order valence-corrected chi connectivity index (χ3v) is 4.44. The SMILES string of the molecule is CCC(C)Nc1nnc(-c2cccn(C3CC3)c2=O)s1. The zero-order chi connectivity index (χ0) is 14.1. The van der Waals surface area contributed by atoms with E-state index in [1.54, 1.807) is 0 Å². The molecule has 0 bridgehead atoms. The van der Waals surface area contributed by atoms with E-state index in [4.69, 9.17) is 0 Å². The number of nitrogens with one attached hydrogen (secondary N) is 1. The fourth-order valence-corrected chi connectivity index (χ4v) is 2.89. The summed E-state index contributed by atoms with van der Waals surface area (Å²) in [6, 6.07) is 4.48. The number of hydrogen-bond donors (Lipinski definition) is 1. The highest BCUT2D eigenvalue weighted by atomic mass is 32.1. The molecule has 106 valence electrons. The first kappa shape index (κ1) is 13.3. The summed E-state index contributed by atoms with van der Waals surface area (Å²) in [6.45, 7) is 4.22. The molecule has 1 N–H and O–H groups in total. The summed E-state index contributed by atoms with van der Waals surface area (Å²) in [4.78, 5) is 12.4. The van der Waals surface area contributed by atoms with Crippen LogP contribution in [-0.2, 0) is 0 Å². The first-order chi connectivity index (χ1) is 9.69. The smallest absolute Gasteiger partial charge is 0.261 e. The van der Waals surface area contributed by atoms with Crippen molar-refractivity contribution in [2.75, 3.05) is 5.32 Å². The van der Waals surface area contributed by atoms with Gasteiger partial charge in [0.1, 0.15) is 0 Å². The number of hydrogen-bond acceptors (Lipinski definition) is 5. The fourth-order valence-electron chi connectivity index (χ4n) is 2.02. The van der Waals surface area contributed by atoms with Crippen LogP contribution in [-0.4, -0.2) is 20.8 Å². The van der Waals surface area contributed by atoms with Gasteiger partial charge < -0.3 is 9.88 Å². The van der Waals surface area contributed by atoms with E-state index in [1.165, 1.54) is 11.3 Å². The van der Waals surface area contributed by atoms with Crippen LogP contribution < -0.4 is 10.9 Å². The minimum atomic E-state index is 0.0428. The topological polar surface area (TPSA) is 59.8 Å².